The van der Waals surface area contributed by atoms with E-state index in [4.69, 9.17) is 5.73 Å². The number of anilines is 1. The molecule has 2 aromatic rings. The van der Waals surface area contributed by atoms with Gasteiger partial charge < -0.3 is 16.4 Å². The van der Waals surface area contributed by atoms with Crippen molar-refractivity contribution in [1.82, 2.24) is 10.6 Å². The Bertz CT molecular complexity index is 712. The first kappa shape index (κ1) is 13.4. The Labute approximate surface area is 122 Å². The van der Waals surface area contributed by atoms with E-state index in [0.717, 1.165) is 17.2 Å². The average Bonchev–Trinajstić information content (AvgIpc) is 2.49. The quantitative estimate of drug-likeness (QED) is 0.729. The van der Waals surface area contributed by atoms with Crippen LogP contribution < -0.4 is 16.4 Å². The lowest BCUT2D eigenvalue weighted by atomic mass is 10.0. The van der Waals surface area contributed by atoms with E-state index in [1.54, 1.807) is 12.1 Å². The molecule has 1 aliphatic rings. The van der Waals surface area contributed by atoms with Crippen LogP contribution in [0.5, 0.6) is 0 Å². The van der Waals surface area contributed by atoms with E-state index in [-0.39, 0.29) is 11.8 Å². The summed E-state index contributed by atoms with van der Waals surface area (Å²) in [4.78, 5) is 24.1. The molecule has 1 heterocycles. The molecule has 3 rings (SSSR count). The number of fused-ring (bicyclic) bond motifs is 1. The third-order valence-electron chi connectivity index (χ3n) is 3.75. The van der Waals surface area contributed by atoms with E-state index in [9.17, 15) is 9.59 Å². The first-order chi connectivity index (χ1) is 10.1. The topological polar surface area (TPSA) is 84.2 Å². The Morgan fingerprint density at radius 3 is 2.67 bits per heavy atom. The largest absolute Gasteiger partial charge is 0.398 e. The summed E-state index contributed by atoms with van der Waals surface area (Å²) in [6.45, 7) is 0.670. The van der Waals surface area contributed by atoms with Gasteiger partial charge in [-0.15, -0.1) is 0 Å². The molecule has 108 valence electrons. The van der Waals surface area contributed by atoms with Gasteiger partial charge in [0.05, 0.1) is 5.56 Å². The van der Waals surface area contributed by atoms with Crippen LogP contribution in [0.3, 0.4) is 0 Å². The number of nitrogens with one attached hydrogen (secondary N) is 2. The molecule has 2 amide bonds. The molecule has 0 bridgehead atoms. The van der Waals surface area contributed by atoms with Crippen molar-refractivity contribution in [2.24, 2.45) is 0 Å². The predicted octanol–water partition coefficient (Wildman–Crippen LogP) is 1.43. The van der Waals surface area contributed by atoms with Crippen LogP contribution in [0.25, 0.3) is 10.8 Å². The van der Waals surface area contributed by atoms with Crippen molar-refractivity contribution in [2.75, 3.05) is 12.3 Å². The zero-order valence-corrected chi connectivity index (χ0v) is 11.6. The zero-order valence-electron chi connectivity index (χ0n) is 11.6. The number of hydrogen-bond acceptors (Lipinski definition) is 3. The molecule has 0 aliphatic carbocycles. The molecule has 0 spiro atoms. The van der Waals surface area contributed by atoms with Crippen LogP contribution in [-0.2, 0) is 4.79 Å². The van der Waals surface area contributed by atoms with Gasteiger partial charge in [-0.1, -0.05) is 24.3 Å². The van der Waals surface area contributed by atoms with Gasteiger partial charge in [0, 0.05) is 12.2 Å². The van der Waals surface area contributed by atoms with Crippen molar-refractivity contribution in [3.05, 3.63) is 42.0 Å². The van der Waals surface area contributed by atoms with E-state index in [1.807, 2.05) is 24.3 Å². The van der Waals surface area contributed by atoms with Gasteiger partial charge in [0.15, 0.2) is 0 Å². The molecule has 0 saturated carbocycles. The highest BCUT2D eigenvalue weighted by atomic mass is 16.2. The summed E-state index contributed by atoms with van der Waals surface area (Å²) in [6, 6.07) is 10.8. The van der Waals surface area contributed by atoms with Crippen molar-refractivity contribution in [1.29, 1.82) is 0 Å². The maximum atomic E-state index is 12.4. The van der Waals surface area contributed by atoms with Gasteiger partial charge in [-0.3, -0.25) is 9.59 Å². The van der Waals surface area contributed by atoms with Crippen molar-refractivity contribution >= 4 is 28.3 Å². The monoisotopic (exact) mass is 283 g/mol. The third-order valence-corrected chi connectivity index (χ3v) is 3.75. The summed E-state index contributed by atoms with van der Waals surface area (Å²) < 4.78 is 0. The van der Waals surface area contributed by atoms with Crippen LogP contribution in [0, 0.1) is 0 Å². The lowest BCUT2D eigenvalue weighted by molar-refractivity contribution is -0.124. The number of nitrogen functional groups attached to an aromatic ring is 1. The van der Waals surface area contributed by atoms with E-state index in [1.165, 1.54) is 0 Å². The van der Waals surface area contributed by atoms with E-state index < -0.39 is 6.04 Å². The molecule has 1 saturated heterocycles. The molecule has 2 aromatic carbocycles. The van der Waals surface area contributed by atoms with Gasteiger partial charge in [-0.2, -0.15) is 0 Å². The summed E-state index contributed by atoms with van der Waals surface area (Å²) in [5.74, 6) is -0.436. The average molecular weight is 283 g/mol. The summed E-state index contributed by atoms with van der Waals surface area (Å²) in [5.41, 5.74) is 6.79. The number of carbonyl (C=O) groups is 2. The Morgan fingerprint density at radius 2 is 1.95 bits per heavy atom. The summed E-state index contributed by atoms with van der Waals surface area (Å²) in [7, 11) is 0. The van der Waals surface area contributed by atoms with Gasteiger partial charge in [0.1, 0.15) is 6.04 Å². The number of amides is 2. The standard InChI is InChI=1S/C16H17N3O2/c17-13-9-11-5-2-1-4-10(11)8-12(13)15(20)19-14-6-3-7-18-16(14)21/h1-2,4-5,8-9,14H,3,6-7,17H2,(H,18,21)(H,19,20). The molecule has 5 heteroatoms. The number of carbonyl (C=O) groups excluding carboxylic acids is 2. The molecule has 5 nitrogen and oxygen atoms in total. The SMILES string of the molecule is Nc1cc2ccccc2cc1C(=O)NC1CCCNC1=O. The fourth-order valence-electron chi connectivity index (χ4n) is 2.60. The van der Waals surface area contributed by atoms with Crippen LogP contribution in [0.1, 0.15) is 23.2 Å². The smallest absolute Gasteiger partial charge is 0.254 e. The van der Waals surface area contributed by atoms with Crippen molar-refractivity contribution < 1.29 is 9.59 Å². The normalized spacial score (nSPS) is 18.3. The van der Waals surface area contributed by atoms with Gasteiger partial charge in [-0.05, 0) is 35.7 Å². The Hall–Kier alpha value is -2.56. The fourth-order valence-corrected chi connectivity index (χ4v) is 2.60. The fraction of sp³-hybridized carbons (Fsp3) is 0.250. The van der Waals surface area contributed by atoms with Crippen LogP contribution in [0.2, 0.25) is 0 Å². The van der Waals surface area contributed by atoms with Crippen molar-refractivity contribution in [3.63, 3.8) is 0 Å². The maximum Gasteiger partial charge on any atom is 0.254 e. The van der Waals surface area contributed by atoms with Crippen LogP contribution >= 0.6 is 0 Å². The van der Waals surface area contributed by atoms with Gasteiger partial charge in [0.2, 0.25) is 5.91 Å². The molecule has 21 heavy (non-hydrogen) atoms. The van der Waals surface area contributed by atoms with Gasteiger partial charge >= 0.3 is 0 Å². The van der Waals surface area contributed by atoms with Crippen LogP contribution in [0.15, 0.2) is 36.4 Å². The number of benzene rings is 2. The van der Waals surface area contributed by atoms with Gasteiger partial charge in [0.25, 0.3) is 5.91 Å². The molecule has 0 radical (unpaired) electrons. The zero-order chi connectivity index (χ0) is 14.8. The summed E-state index contributed by atoms with van der Waals surface area (Å²) >= 11 is 0. The number of rotatable bonds is 2. The predicted molar refractivity (Wildman–Crippen MR) is 81.9 cm³/mol. The first-order valence-electron chi connectivity index (χ1n) is 7.02. The second-order valence-electron chi connectivity index (χ2n) is 5.25. The second-order valence-corrected chi connectivity index (χ2v) is 5.25. The minimum atomic E-state index is -0.475. The Balaban J connectivity index is 1.87. The minimum Gasteiger partial charge on any atom is -0.398 e. The highest BCUT2D eigenvalue weighted by Gasteiger charge is 2.24. The Morgan fingerprint density at radius 1 is 1.24 bits per heavy atom. The van der Waals surface area contributed by atoms with E-state index in [0.29, 0.717) is 24.2 Å². The number of nitrogens with two attached hydrogens (primary N) is 1. The van der Waals surface area contributed by atoms with E-state index >= 15 is 0 Å². The molecule has 1 atom stereocenters. The van der Waals surface area contributed by atoms with Crippen LogP contribution in [0.4, 0.5) is 5.69 Å². The molecule has 4 N–H and O–H groups in total. The molecule has 1 unspecified atom stereocenters. The van der Waals surface area contributed by atoms with Crippen molar-refractivity contribution in [3.8, 4) is 0 Å². The lowest BCUT2D eigenvalue weighted by Crippen LogP contribution is -2.50. The lowest BCUT2D eigenvalue weighted by Gasteiger charge is -2.23. The summed E-state index contributed by atoms with van der Waals surface area (Å²) in [6.07, 6.45) is 1.52. The molecule has 1 fully saturated rings. The number of hydrogen-bond donors (Lipinski definition) is 3. The highest BCUT2D eigenvalue weighted by Crippen LogP contribution is 2.22. The Kier molecular flexibility index (Phi) is 3.48. The molecule has 1 aliphatic heterocycles. The minimum absolute atomic E-state index is 0.131. The van der Waals surface area contributed by atoms with E-state index in [2.05, 4.69) is 10.6 Å². The summed E-state index contributed by atoms with van der Waals surface area (Å²) in [5, 5.41) is 7.44. The molecular formula is C16H17N3O2. The van der Waals surface area contributed by atoms with Gasteiger partial charge in [-0.25, -0.2) is 0 Å². The van der Waals surface area contributed by atoms with Crippen LogP contribution in [-0.4, -0.2) is 24.4 Å². The highest BCUT2D eigenvalue weighted by molar-refractivity contribution is 6.05. The first-order valence-corrected chi connectivity index (χ1v) is 7.02. The third kappa shape index (κ3) is 2.67. The number of piperidine rings is 1. The second kappa shape index (κ2) is 5.44. The maximum absolute atomic E-state index is 12.4. The van der Waals surface area contributed by atoms with Crippen molar-refractivity contribution in [2.45, 2.75) is 18.9 Å². The molecule has 0 aromatic heterocycles. The molecular weight excluding hydrogens is 266 g/mol.